The molecule has 0 bridgehead atoms. The minimum Gasteiger partial charge on any atom is -0.340 e. The highest BCUT2D eigenvalue weighted by Gasteiger charge is 2.33. The summed E-state index contributed by atoms with van der Waals surface area (Å²) in [5, 5.41) is 15.8. The number of nitrogens with one attached hydrogen (secondary N) is 2. The molecule has 2 rings (SSSR count). The second-order valence-corrected chi connectivity index (χ2v) is 9.51. The van der Waals surface area contributed by atoms with E-state index in [0.29, 0.717) is 36.4 Å². The first-order valence-corrected chi connectivity index (χ1v) is 11.0. The zero-order valence-corrected chi connectivity index (χ0v) is 19.0. The normalized spacial score (nSPS) is 15.8. The molecule has 1 fully saturated rings. The van der Waals surface area contributed by atoms with Crippen molar-refractivity contribution in [3.05, 3.63) is 34.9 Å². The van der Waals surface area contributed by atoms with Gasteiger partial charge in [-0.1, -0.05) is 32.4 Å². The number of carbonyl (C=O) groups is 2. The van der Waals surface area contributed by atoms with Gasteiger partial charge in [-0.15, -0.1) is 0 Å². The number of hydrogen-bond donors (Lipinski definition) is 2. The third-order valence-corrected chi connectivity index (χ3v) is 5.50. The molecule has 0 saturated carbocycles. The highest BCUT2D eigenvalue weighted by molar-refractivity contribution is 6.30. The number of nitriles is 1. The zero-order valence-electron chi connectivity index (χ0n) is 18.2. The van der Waals surface area contributed by atoms with E-state index in [1.165, 1.54) is 0 Å². The van der Waals surface area contributed by atoms with Gasteiger partial charge in [0.15, 0.2) is 0 Å². The fraction of sp³-hybridized carbons (Fsp3) is 0.609. The monoisotopic (exact) mass is 432 g/mol. The van der Waals surface area contributed by atoms with Crippen LogP contribution < -0.4 is 10.6 Å². The second-order valence-electron chi connectivity index (χ2n) is 9.07. The Bertz CT molecular complexity index is 746. The highest BCUT2D eigenvalue weighted by atomic mass is 35.5. The van der Waals surface area contributed by atoms with Crippen molar-refractivity contribution in [1.29, 1.82) is 5.26 Å². The van der Waals surface area contributed by atoms with Crippen LogP contribution in [0.3, 0.4) is 0 Å². The van der Waals surface area contributed by atoms with Crippen molar-refractivity contribution in [2.45, 2.75) is 65.0 Å². The van der Waals surface area contributed by atoms with Gasteiger partial charge in [0.2, 0.25) is 5.91 Å². The minimum absolute atomic E-state index is 0.0583. The Hall–Kier alpha value is -2.10. The van der Waals surface area contributed by atoms with Crippen LogP contribution in [0.2, 0.25) is 5.02 Å². The van der Waals surface area contributed by atoms with E-state index in [1.807, 2.05) is 4.90 Å². The molecule has 164 valence electrons. The average molecular weight is 433 g/mol. The van der Waals surface area contributed by atoms with Gasteiger partial charge < -0.3 is 15.5 Å². The molecule has 0 radical (unpaired) electrons. The van der Waals surface area contributed by atoms with Crippen molar-refractivity contribution >= 4 is 23.4 Å². The summed E-state index contributed by atoms with van der Waals surface area (Å²) in [6.07, 6.45) is 3.34. The van der Waals surface area contributed by atoms with Crippen molar-refractivity contribution in [3.63, 3.8) is 0 Å². The van der Waals surface area contributed by atoms with E-state index in [0.717, 1.165) is 25.9 Å². The topological polar surface area (TPSA) is 85.2 Å². The lowest BCUT2D eigenvalue weighted by atomic mass is 9.87. The Morgan fingerprint density at radius 1 is 1.27 bits per heavy atom. The summed E-state index contributed by atoms with van der Waals surface area (Å²) in [7, 11) is 0. The number of carbonyl (C=O) groups excluding carboxylic acids is 2. The molecule has 2 amide bonds. The summed E-state index contributed by atoms with van der Waals surface area (Å²) in [6.45, 7) is 8.46. The van der Waals surface area contributed by atoms with Crippen LogP contribution in [0.25, 0.3) is 0 Å². The highest BCUT2D eigenvalue weighted by Crippen LogP contribution is 2.24. The first-order chi connectivity index (χ1) is 14.2. The summed E-state index contributed by atoms with van der Waals surface area (Å²) < 4.78 is 0. The van der Waals surface area contributed by atoms with Crippen molar-refractivity contribution in [2.75, 3.05) is 19.6 Å². The molecule has 2 N–H and O–H groups in total. The standard InChI is InChI=1S/C23H33ClN4O2/c1-23(2,3)16-20(27-21(29)17-6-8-18(24)9-7-17)22(30)28(15-5-4-12-25)19-10-13-26-14-11-19/h6-9,19-20,26H,4-5,10-11,13-16H2,1-3H3,(H,27,29). The molecule has 1 unspecified atom stereocenters. The Balaban J connectivity index is 2.22. The van der Waals surface area contributed by atoms with E-state index in [2.05, 4.69) is 37.5 Å². The van der Waals surface area contributed by atoms with Gasteiger partial charge in [-0.05, 0) is 68.5 Å². The molecule has 30 heavy (non-hydrogen) atoms. The molecule has 1 saturated heterocycles. The Morgan fingerprint density at radius 3 is 2.47 bits per heavy atom. The maximum atomic E-state index is 13.6. The van der Waals surface area contributed by atoms with Crippen molar-refractivity contribution in [1.82, 2.24) is 15.5 Å². The lowest BCUT2D eigenvalue weighted by molar-refractivity contribution is -0.137. The van der Waals surface area contributed by atoms with Crippen molar-refractivity contribution < 1.29 is 9.59 Å². The maximum Gasteiger partial charge on any atom is 0.251 e. The number of halogens is 1. The van der Waals surface area contributed by atoms with Gasteiger partial charge >= 0.3 is 0 Å². The quantitative estimate of drug-likeness (QED) is 0.612. The van der Waals surface area contributed by atoms with Crippen LogP contribution >= 0.6 is 11.6 Å². The Morgan fingerprint density at radius 2 is 1.90 bits per heavy atom. The third-order valence-electron chi connectivity index (χ3n) is 5.25. The SMILES string of the molecule is CC(C)(C)CC(NC(=O)c1ccc(Cl)cc1)C(=O)N(CCCC#N)C1CCNCC1. The van der Waals surface area contributed by atoms with E-state index < -0.39 is 6.04 Å². The lowest BCUT2D eigenvalue weighted by Crippen LogP contribution is -2.55. The predicted octanol–water partition coefficient (Wildman–Crippen LogP) is 3.76. The van der Waals surface area contributed by atoms with E-state index >= 15 is 0 Å². The largest absolute Gasteiger partial charge is 0.340 e. The number of unbranched alkanes of at least 4 members (excludes halogenated alkanes) is 1. The molecule has 0 aliphatic carbocycles. The lowest BCUT2D eigenvalue weighted by Gasteiger charge is -2.38. The molecule has 0 spiro atoms. The summed E-state index contributed by atoms with van der Waals surface area (Å²) in [4.78, 5) is 28.4. The molecule has 1 aliphatic rings. The van der Waals surface area contributed by atoms with Gasteiger partial charge in [-0.25, -0.2) is 0 Å². The van der Waals surface area contributed by atoms with Gasteiger partial charge in [-0.3, -0.25) is 9.59 Å². The Labute approximate surface area is 185 Å². The van der Waals surface area contributed by atoms with E-state index in [4.69, 9.17) is 16.9 Å². The van der Waals surface area contributed by atoms with E-state index in [9.17, 15) is 9.59 Å². The zero-order chi connectivity index (χ0) is 22.1. The van der Waals surface area contributed by atoms with Gasteiger partial charge in [0.25, 0.3) is 5.91 Å². The Kier molecular flexibility index (Phi) is 9.13. The van der Waals surface area contributed by atoms with Crippen LogP contribution in [0.5, 0.6) is 0 Å². The molecule has 1 heterocycles. The third kappa shape index (κ3) is 7.62. The minimum atomic E-state index is -0.620. The number of hydrogen-bond acceptors (Lipinski definition) is 4. The molecule has 7 heteroatoms. The molecule has 0 aromatic heterocycles. The van der Waals surface area contributed by atoms with E-state index in [-0.39, 0.29) is 23.3 Å². The van der Waals surface area contributed by atoms with Crippen molar-refractivity contribution in [3.8, 4) is 6.07 Å². The summed E-state index contributed by atoms with van der Waals surface area (Å²) in [5.74, 6) is -0.339. The second kappa shape index (κ2) is 11.3. The van der Waals surface area contributed by atoms with Crippen LogP contribution in [0.1, 0.15) is 63.2 Å². The summed E-state index contributed by atoms with van der Waals surface area (Å²) >= 11 is 5.93. The molecule has 1 aromatic carbocycles. The van der Waals surface area contributed by atoms with Crippen LogP contribution in [0.4, 0.5) is 0 Å². The number of benzene rings is 1. The summed E-state index contributed by atoms with van der Waals surface area (Å²) in [6, 6.07) is 8.33. The van der Waals surface area contributed by atoms with Crippen LogP contribution in [0.15, 0.2) is 24.3 Å². The van der Waals surface area contributed by atoms with Gasteiger partial charge in [-0.2, -0.15) is 5.26 Å². The predicted molar refractivity (Wildman–Crippen MR) is 119 cm³/mol. The molecular weight excluding hydrogens is 400 g/mol. The van der Waals surface area contributed by atoms with Gasteiger partial charge in [0, 0.05) is 29.6 Å². The fourth-order valence-electron chi connectivity index (χ4n) is 3.77. The fourth-order valence-corrected chi connectivity index (χ4v) is 3.90. The number of amides is 2. The number of nitrogens with zero attached hydrogens (tertiary/aromatic N) is 2. The molecule has 6 nitrogen and oxygen atoms in total. The first-order valence-electron chi connectivity index (χ1n) is 10.7. The first kappa shape index (κ1) is 24.2. The van der Waals surface area contributed by atoms with Gasteiger partial charge in [0.1, 0.15) is 6.04 Å². The summed E-state index contributed by atoms with van der Waals surface area (Å²) in [5.41, 5.74) is 0.337. The molecule has 1 atom stereocenters. The molecule has 1 aliphatic heterocycles. The molecular formula is C23H33ClN4O2. The van der Waals surface area contributed by atoms with Gasteiger partial charge in [0.05, 0.1) is 6.07 Å². The van der Waals surface area contributed by atoms with E-state index in [1.54, 1.807) is 24.3 Å². The maximum absolute atomic E-state index is 13.6. The number of rotatable bonds is 8. The van der Waals surface area contributed by atoms with Crippen molar-refractivity contribution in [2.24, 2.45) is 5.41 Å². The smallest absolute Gasteiger partial charge is 0.251 e. The number of piperidine rings is 1. The van der Waals surface area contributed by atoms with Crippen LogP contribution in [-0.2, 0) is 4.79 Å². The average Bonchev–Trinajstić information content (AvgIpc) is 2.70. The van der Waals surface area contributed by atoms with Crippen LogP contribution in [0, 0.1) is 16.7 Å². The molecule has 1 aromatic rings. The van der Waals surface area contributed by atoms with Crippen LogP contribution in [-0.4, -0.2) is 48.4 Å².